The Morgan fingerprint density at radius 1 is 1.26 bits per heavy atom. The minimum Gasteiger partial charge on any atom is -0.497 e. The predicted octanol–water partition coefficient (Wildman–Crippen LogP) is 1.83. The Hall–Kier alpha value is -2.24. The normalized spacial score (nSPS) is 17.5. The maximum Gasteiger partial charge on any atom is 0.409 e. The SMILES string of the molecule is COC(=O)N1CCC[C@H](C(=O)NCCc2ccc(OC)cc2)C1. The van der Waals surface area contributed by atoms with Gasteiger partial charge in [0.2, 0.25) is 5.91 Å². The molecule has 0 aliphatic carbocycles. The number of likely N-dealkylation sites (tertiary alicyclic amines) is 1. The van der Waals surface area contributed by atoms with Crippen LogP contribution in [0.2, 0.25) is 0 Å². The molecule has 6 nitrogen and oxygen atoms in total. The summed E-state index contributed by atoms with van der Waals surface area (Å²) in [6.45, 7) is 1.67. The van der Waals surface area contributed by atoms with Gasteiger partial charge in [-0.05, 0) is 37.0 Å². The molecule has 23 heavy (non-hydrogen) atoms. The topological polar surface area (TPSA) is 67.9 Å². The lowest BCUT2D eigenvalue weighted by molar-refractivity contribution is -0.126. The van der Waals surface area contributed by atoms with E-state index in [0.717, 1.165) is 30.6 Å². The Bertz CT molecular complexity index is 530. The third kappa shape index (κ3) is 4.87. The van der Waals surface area contributed by atoms with Crippen LogP contribution < -0.4 is 10.1 Å². The lowest BCUT2D eigenvalue weighted by Gasteiger charge is -2.30. The third-order valence-electron chi connectivity index (χ3n) is 4.10. The molecule has 0 spiro atoms. The fraction of sp³-hybridized carbons (Fsp3) is 0.529. The van der Waals surface area contributed by atoms with E-state index >= 15 is 0 Å². The number of carbonyl (C=O) groups is 2. The van der Waals surface area contributed by atoms with Gasteiger partial charge in [0.25, 0.3) is 0 Å². The van der Waals surface area contributed by atoms with Crippen molar-refractivity contribution >= 4 is 12.0 Å². The second-order valence-corrected chi connectivity index (χ2v) is 5.64. The first-order valence-corrected chi connectivity index (χ1v) is 7.87. The Morgan fingerprint density at radius 2 is 2.00 bits per heavy atom. The number of nitrogens with zero attached hydrogens (tertiary/aromatic N) is 1. The highest BCUT2D eigenvalue weighted by Gasteiger charge is 2.28. The van der Waals surface area contributed by atoms with Gasteiger partial charge in [-0.3, -0.25) is 4.79 Å². The largest absolute Gasteiger partial charge is 0.497 e. The first kappa shape index (κ1) is 17.1. The average molecular weight is 320 g/mol. The van der Waals surface area contributed by atoms with E-state index in [2.05, 4.69) is 5.32 Å². The molecule has 1 aromatic rings. The number of methoxy groups -OCH3 is 2. The zero-order chi connectivity index (χ0) is 16.7. The quantitative estimate of drug-likeness (QED) is 0.899. The molecule has 0 unspecified atom stereocenters. The monoisotopic (exact) mass is 320 g/mol. The van der Waals surface area contributed by atoms with Gasteiger partial charge in [-0.25, -0.2) is 4.79 Å². The molecule has 0 saturated carbocycles. The molecule has 2 rings (SSSR count). The van der Waals surface area contributed by atoms with E-state index in [1.807, 2.05) is 24.3 Å². The fourth-order valence-electron chi connectivity index (χ4n) is 2.75. The van der Waals surface area contributed by atoms with Gasteiger partial charge in [0, 0.05) is 19.6 Å². The minimum absolute atomic E-state index is 0.00659. The van der Waals surface area contributed by atoms with E-state index in [1.54, 1.807) is 12.0 Å². The lowest BCUT2D eigenvalue weighted by atomic mass is 9.97. The summed E-state index contributed by atoms with van der Waals surface area (Å²) < 4.78 is 9.84. The summed E-state index contributed by atoms with van der Waals surface area (Å²) in [5.74, 6) is 0.675. The van der Waals surface area contributed by atoms with Crippen LogP contribution in [-0.2, 0) is 16.0 Å². The number of benzene rings is 1. The molecule has 1 fully saturated rings. The van der Waals surface area contributed by atoms with Crippen LogP contribution in [0.1, 0.15) is 18.4 Å². The van der Waals surface area contributed by atoms with E-state index in [1.165, 1.54) is 7.11 Å². The van der Waals surface area contributed by atoms with Crippen LogP contribution in [0.25, 0.3) is 0 Å². The molecule has 1 aliphatic rings. The van der Waals surface area contributed by atoms with E-state index in [4.69, 9.17) is 9.47 Å². The van der Waals surface area contributed by atoms with Crippen molar-refractivity contribution in [3.05, 3.63) is 29.8 Å². The van der Waals surface area contributed by atoms with Crippen LogP contribution in [0.4, 0.5) is 4.79 Å². The fourth-order valence-corrected chi connectivity index (χ4v) is 2.75. The number of piperidine rings is 1. The standard InChI is InChI=1S/C17H24N2O4/c1-22-15-7-5-13(6-8-15)9-10-18-16(20)14-4-3-11-19(12-14)17(21)23-2/h5-8,14H,3-4,9-12H2,1-2H3,(H,18,20)/t14-/m0/s1. The molecule has 1 saturated heterocycles. The first-order valence-electron chi connectivity index (χ1n) is 7.87. The van der Waals surface area contributed by atoms with E-state index in [0.29, 0.717) is 19.6 Å². The highest BCUT2D eigenvalue weighted by molar-refractivity contribution is 5.80. The summed E-state index contributed by atoms with van der Waals surface area (Å²) in [5, 5.41) is 2.96. The number of hydrogen-bond donors (Lipinski definition) is 1. The first-order chi connectivity index (χ1) is 11.1. The van der Waals surface area contributed by atoms with Crippen molar-refractivity contribution in [1.29, 1.82) is 0 Å². The van der Waals surface area contributed by atoms with Gasteiger partial charge < -0.3 is 19.7 Å². The molecule has 0 aromatic heterocycles. The number of carbonyl (C=O) groups excluding carboxylic acids is 2. The van der Waals surface area contributed by atoms with Crippen molar-refractivity contribution in [3.63, 3.8) is 0 Å². The third-order valence-corrected chi connectivity index (χ3v) is 4.10. The van der Waals surface area contributed by atoms with Crippen molar-refractivity contribution in [2.24, 2.45) is 5.92 Å². The van der Waals surface area contributed by atoms with Gasteiger partial charge in [-0.15, -0.1) is 0 Å². The Kier molecular flexibility index (Phi) is 6.26. The summed E-state index contributed by atoms with van der Waals surface area (Å²) in [4.78, 5) is 25.4. The second-order valence-electron chi connectivity index (χ2n) is 5.64. The van der Waals surface area contributed by atoms with Gasteiger partial charge in [-0.1, -0.05) is 12.1 Å². The van der Waals surface area contributed by atoms with Gasteiger partial charge >= 0.3 is 6.09 Å². The summed E-state index contributed by atoms with van der Waals surface area (Å²) in [7, 11) is 3.00. The highest BCUT2D eigenvalue weighted by atomic mass is 16.5. The van der Waals surface area contributed by atoms with Crippen molar-refractivity contribution in [2.75, 3.05) is 33.9 Å². The van der Waals surface area contributed by atoms with Gasteiger partial charge in [-0.2, -0.15) is 0 Å². The average Bonchev–Trinajstić information content (AvgIpc) is 2.61. The number of nitrogens with one attached hydrogen (secondary N) is 1. The van der Waals surface area contributed by atoms with Crippen LogP contribution in [0.15, 0.2) is 24.3 Å². The molecule has 0 bridgehead atoms. The van der Waals surface area contributed by atoms with E-state index in [9.17, 15) is 9.59 Å². The van der Waals surface area contributed by atoms with Crippen LogP contribution in [0.3, 0.4) is 0 Å². The molecule has 0 radical (unpaired) electrons. The number of rotatable bonds is 5. The Balaban J connectivity index is 1.76. The summed E-state index contributed by atoms with van der Waals surface area (Å²) in [6.07, 6.45) is 2.04. The maximum absolute atomic E-state index is 12.2. The lowest BCUT2D eigenvalue weighted by Crippen LogP contribution is -2.45. The molecule has 1 aromatic carbocycles. The molecule has 1 N–H and O–H groups in total. The molecule has 1 aliphatic heterocycles. The zero-order valence-electron chi connectivity index (χ0n) is 13.7. The number of amides is 2. The molecule has 1 heterocycles. The predicted molar refractivity (Wildman–Crippen MR) is 86.4 cm³/mol. The summed E-state index contributed by atoms with van der Waals surface area (Å²) in [5.41, 5.74) is 1.14. The number of hydrogen-bond acceptors (Lipinski definition) is 4. The van der Waals surface area contributed by atoms with Gasteiger partial charge in [0.15, 0.2) is 0 Å². The maximum atomic E-state index is 12.2. The Labute approximate surface area is 136 Å². The molecular weight excluding hydrogens is 296 g/mol. The van der Waals surface area contributed by atoms with Crippen molar-refractivity contribution in [2.45, 2.75) is 19.3 Å². The Morgan fingerprint density at radius 3 is 2.65 bits per heavy atom. The van der Waals surface area contributed by atoms with Crippen molar-refractivity contribution in [3.8, 4) is 5.75 Å². The van der Waals surface area contributed by atoms with Crippen molar-refractivity contribution < 1.29 is 19.1 Å². The summed E-state index contributed by atoms with van der Waals surface area (Å²) >= 11 is 0. The van der Waals surface area contributed by atoms with Gasteiger partial charge in [0.05, 0.1) is 20.1 Å². The summed E-state index contributed by atoms with van der Waals surface area (Å²) in [6, 6.07) is 7.80. The van der Waals surface area contributed by atoms with E-state index in [-0.39, 0.29) is 17.9 Å². The van der Waals surface area contributed by atoms with Gasteiger partial charge in [0.1, 0.15) is 5.75 Å². The van der Waals surface area contributed by atoms with E-state index < -0.39 is 0 Å². The van der Waals surface area contributed by atoms with Crippen LogP contribution in [0, 0.1) is 5.92 Å². The molecular formula is C17H24N2O4. The van der Waals surface area contributed by atoms with Crippen LogP contribution in [0.5, 0.6) is 5.75 Å². The highest BCUT2D eigenvalue weighted by Crippen LogP contribution is 2.17. The molecule has 1 atom stereocenters. The van der Waals surface area contributed by atoms with Crippen LogP contribution >= 0.6 is 0 Å². The number of ether oxygens (including phenoxy) is 2. The second kappa shape index (κ2) is 8.41. The van der Waals surface area contributed by atoms with Crippen molar-refractivity contribution in [1.82, 2.24) is 10.2 Å². The minimum atomic E-state index is -0.360. The zero-order valence-corrected chi connectivity index (χ0v) is 13.7. The molecule has 6 heteroatoms. The van der Waals surface area contributed by atoms with Crippen LogP contribution in [-0.4, -0.2) is 50.8 Å². The smallest absolute Gasteiger partial charge is 0.409 e. The molecule has 126 valence electrons. The molecule has 2 amide bonds.